The number of thioether (sulfide) groups is 1. The summed E-state index contributed by atoms with van der Waals surface area (Å²) in [5.41, 5.74) is 1.32. The molecule has 0 unspecified atom stereocenters. The molecule has 124 valence electrons. The highest BCUT2D eigenvalue weighted by Crippen LogP contribution is 2.16. The van der Waals surface area contributed by atoms with Crippen molar-refractivity contribution in [3.05, 3.63) is 77.8 Å². The van der Waals surface area contributed by atoms with Crippen molar-refractivity contribution in [2.45, 2.75) is 18.8 Å². The van der Waals surface area contributed by atoms with Gasteiger partial charge in [0.25, 0.3) is 5.89 Å². The smallest absolute Gasteiger partial charge is 0.253 e. The van der Waals surface area contributed by atoms with Gasteiger partial charge in [0.2, 0.25) is 5.89 Å². The summed E-state index contributed by atoms with van der Waals surface area (Å²) < 4.78 is 23.8. The Morgan fingerprint density at radius 2 is 1.71 bits per heavy atom. The molecule has 24 heavy (non-hydrogen) atoms. The number of aromatic nitrogens is 2. The van der Waals surface area contributed by atoms with E-state index in [1.807, 2.05) is 18.2 Å². The molecule has 0 N–H and O–H groups in total. The third-order valence-corrected chi connectivity index (χ3v) is 4.23. The average molecular weight is 344 g/mol. The van der Waals surface area contributed by atoms with Crippen LogP contribution in [0.2, 0.25) is 0 Å². The number of nitrogens with zero attached hydrogens (tertiary/aromatic N) is 2. The lowest BCUT2D eigenvalue weighted by Gasteiger charge is -2.02. The molecule has 0 saturated carbocycles. The van der Waals surface area contributed by atoms with Crippen LogP contribution in [-0.2, 0) is 18.8 Å². The Balaban J connectivity index is 1.39. The molecule has 6 heteroatoms. The van der Waals surface area contributed by atoms with Crippen molar-refractivity contribution in [1.29, 1.82) is 0 Å². The van der Waals surface area contributed by atoms with E-state index >= 15 is 0 Å². The van der Waals surface area contributed by atoms with Crippen molar-refractivity contribution >= 4 is 11.8 Å². The van der Waals surface area contributed by atoms with Crippen molar-refractivity contribution in [1.82, 2.24) is 10.2 Å². The summed E-state index contributed by atoms with van der Waals surface area (Å²) in [6.45, 7) is 0.174. The topological polar surface area (TPSA) is 48.2 Å². The maximum atomic E-state index is 12.8. The van der Waals surface area contributed by atoms with E-state index in [2.05, 4.69) is 22.3 Å². The molecule has 3 rings (SSSR count). The number of benzene rings is 2. The molecule has 0 atom stereocenters. The third kappa shape index (κ3) is 5.09. The van der Waals surface area contributed by atoms with Crippen LogP contribution < -0.4 is 4.74 Å². The SMILES string of the molecule is Fc1ccc(OCc2nnc(CSCCc3ccccc3)o2)cc1. The zero-order chi connectivity index (χ0) is 16.6. The van der Waals surface area contributed by atoms with Gasteiger partial charge in [-0.15, -0.1) is 10.2 Å². The zero-order valence-electron chi connectivity index (χ0n) is 13.0. The van der Waals surface area contributed by atoms with Crippen molar-refractivity contribution in [3.8, 4) is 5.75 Å². The monoisotopic (exact) mass is 344 g/mol. The van der Waals surface area contributed by atoms with Crippen LogP contribution in [0.1, 0.15) is 17.3 Å². The second kappa shape index (κ2) is 8.49. The minimum Gasteiger partial charge on any atom is -0.484 e. The van der Waals surface area contributed by atoms with Gasteiger partial charge in [0.1, 0.15) is 11.6 Å². The number of ether oxygens (including phenoxy) is 1. The van der Waals surface area contributed by atoms with Gasteiger partial charge in [-0.1, -0.05) is 30.3 Å². The molecular weight excluding hydrogens is 327 g/mol. The van der Waals surface area contributed by atoms with E-state index in [-0.39, 0.29) is 12.4 Å². The number of hydrogen-bond acceptors (Lipinski definition) is 5. The van der Waals surface area contributed by atoms with Gasteiger partial charge in [-0.25, -0.2) is 4.39 Å². The van der Waals surface area contributed by atoms with Crippen molar-refractivity contribution in [2.75, 3.05) is 5.75 Å². The van der Waals surface area contributed by atoms with Gasteiger partial charge in [-0.05, 0) is 42.0 Å². The molecule has 0 aliphatic rings. The van der Waals surface area contributed by atoms with Gasteiger partial charge >= 0.3 is 0 Å². The fourth-order valence-electron chi connectivity index (χ4n) is 2.08. The molecular formula is C18H17FN2O2S. The molecule has 0 fully saturated rings. The normalized spacial score (nSPS) is 10.7. The molecule has 0 radical (unpaired) electrons. The summed E-state index contributed by atoms with van der Waals surface area (Å²) in [6, 6.07) is 16.2. The molecule has 1 aromatic heterocycles. The highest BCUT2D eigenvalue weighted by Gasteiger charge is 2.07. The number of rotatable bonds is 8. The molecule has 0 aliphatic heterocycles. The maximum Gasteiger partial charge on any atom is 0.253 e. The fraction of sp³-hybridized carbons (Fsp3) is 0.222. The lowest BCUT2D eigenvalue weighted by Crippen LogP contribution is -1.95. The fourth-order valence-corrected chi connectivity index (χ4v) is 2.89. The van der Waals surface area contributed by atoms with Crippen LogP contribution in [0.15, 0.2) is 59.0 Å². The zero-order valence-corrected chi connectivity index (χ0v) is 13.8. The Labute approximate surface area is 144 Å². The first-order valence-electron chi connectivity index (χ1n) is 7.61. The Morgan fingerprint density at radius 3 is 2.50 bits per heavy atom. The minimum absolute atomic E-state index is 0.174. The van der Waals surface area contributed by atoms with Crippen LogP contribution in [0, 0.1) is 5.82 Å². The van der Waals surface area contributed by atoms with Crippen LogP contribution in [-0.4, -0.2) is 16.0 Å². The molecule has 0 spiro atoms. The first-order chi connectivity index (χ1) is 11.8. The van der Waals surface area contributed by atoms with Gasteiger partial charge in [0, 0.05) is 0 Å². The number of aryl methyl sites for hydroxylation is 1. The van der Waals surface area contributed by atoms with Crippen LogP contribution >= 0.6 is 11.8 Å². The highest BCUT2D eigenvalue weighted by atomic mass is 32.2. The Morgan fingerprint density at radius 1 is 0.958 bits per heavy atom. The van der Waals surface area contributed by atoms with Crippen LogP contribution in [0.3, 0.4) is 0 Å². The van der Waals surface area contributed by atoms with Crippen molar-refractivity contribution in [3.63, 3.8) is 0 Å². The van der Waals surface area contributed by atoms with E-state index in [1.54, 1.807) is 23.9 Å². The maximum absolute atomic E-state index is 12.8. The minimum atomic E-state index is -0.296. The van der Waals surface area contributed by atoms with E-state index < -0.39 is 0 Å². The summed E-state index contributed by atoms with van der Waals surface area (Å²) in [5, 5.41) is 7.97. The van der Waals surface area contributed by atoms with Crippen LogP contribution in [0.5, 0.6) is 5.75 Å². The summed E-state index contributed by atoms with van der Waals surface area (Å²) >= 11 is 1.75. The standard InChI is InChI=1S/C18H17FN2O2S/c19-15-6-8-16(9-7-15)22-12-17-20-21-18(23-17)13-24-11-10-14-4-2-1-3-5-14/h1-9H,10-13H2. The number of halogens is 1. The summed E-state index contributed by atoms with van der Waals surface area (Å²) in [7, 11) is 0. The van der Waals surface area contributed by atoms with Gasteiger partial charge < -0.3 is 9.15 Å². The molecule has 0 bridgehead atoms. The Hall–Kier alpha value is -2.34. The molecule has 3 aromatic rings. The Kier molecular flexibility index (Phi) is 5.85. The highest BCUT2D eigenvalue weighted by molar-refractivity contribution is 7.98. The summed E-state index contributed by atoms with van der Waals surface area (Å²) in [4.78, 5) is 0. The molecule has 4 nitrogen and oxygen atoms in total. The predicted molar refractivity (Wildman–Crippen MR) is 91.3 cm³/mol. The Bertz CT molecular complexity index is 747. The van der Waals surface area contributed by atoms with Gasteiger partial charge in [-0.2, -0.15) is 11.8 Å². The largest absolute Gasteiger partial charge is 0.484 e. The first-order valence-corrected chi connectivity index (χ1v) is 8.76. The van der Waals surface area contributed by atoms with Gasteiger partial charge in [0.05, 0.1) is 5.75 Å². The predicted octanol–water partition coefficient (Wildman–Crippen LogP) is 4.26. The van der Waals surface area contributed by atoms with Crippen molar-refractivity contribution < 1.29 is 13.5 Å². The van der Waals surface area contributed by atoms with Crippen LogP contribution in [0.4, 0.5) is 4.39 Å². The van der Waals surface area contributed by atoms with E-state index in [9.17, 15) is 4.39 Å². The quantitative estimate of drug-likeness (QED) is 0.571. The van der Waals surface area contributed by atoms with Gasteiger partial charge in [-0.3, -0.25) is 0 Å². The third-order valence-electron chi connectivity index (χ3n) is 3.29. The summed E-state index contributed by atoms with van der Waals surface area (Å²) in [5.74, 6) is 2.94. The molecule has 2 aromatic carbocycles. The molecule has 1 heterocycles. The first kappa shape index (κ1) is 16.5. The second-order valence-corrected chi connectivity index (χ2v) is 6.23. The van der Waals surface area contributed by atoms with Crippen molar-refractivity contribution in [2.24, 2.45) is 0 Å². The van der Waals surface area contributed by atoms with E-state index in [0.29, 0.717) is 23.3 Å². The molecule has 0 aliphatic carbocycles. The van der Waals surface area contributed by atoms with E-state index in [1.165, 1.54) is 17.7 Å². The van der Waals surface area contributed by atoms with Crippen LogP contribution in [0.25, 0.3) is 0 Å². The second-order valence-electron chi connectivity index (χ2n) is 5.12. The lowest BCUT2D eigenvalue weighted by atomic mass is 10.2. The molecule has 0 saturated heterocycles. The van der Waals surface area contributed by atoms with Gasteiger partial charge in [0.15, 0.2) is 6.61 Å². The summed E-state index contributed by atoms with van der Waals surface area (Å²) in [6.07, 6.45) is 1.01. The molecule has 0 amide bonds. The average Bonchev–Trinajstić information content (AvgIpc) is 3.07. The number of hydrogen-bond donors (Lipinski definition) is 0. The van der Waals surface area contributed by atoms with E-state index in [0.717, 1.165) is 12.2 Å². The van der Waals surface area contributed by atoms with E-state index in [4.69, 9.17) is 9.15 Å². The lowest BCUT2D eigenvalue weighted by molar-refractivity contribution is 0.260.